The fourth-order valence-corrected chi connectivity index (χ4v) is 4.07. The van der Waals surface area contributed by atoms with Crippen molar-refractivity contribution in [2.45, 2.75) is 77.0 Å². The van der Waals surface area contributed by atoms with Gasteiger partial charge in [0.2, 0.25) is 0 Å². The van der Waals surface area contributed by atoms with Gasteiger partial charge in [-0.1, -0.05) is 82.2 Å². The SMILES string of the molecule is CCCCCCCOc1ccc(-c2ccc(C3CCCCC3)cc2)cc1F. The molecule has 2 heteroatoms. The lowest BCUT2D eigenvalue weighted by Gasteiger charge is -2.22. The molecule has 1 aliphatic carbocycles. The van der Waals surface area contributed by atoms with E-state index in [1.54, 1.807) is 12.1 Å². The fourth-order valence-electron chi connectivity index (χ4n) is 4.07. The maximum Gasteiger partial charge on any atom is 0.165 e. The summed E-state index contributed by atoms with van der Waals surface area (Å²) in [6.45, 7) is 2.80. The first-order valence-corrected chi connectivity index (χ1v) is 10.8. The predicted octanol–water partition coefficient (Wildman–Crippen LogP) is 7.89. The van der Waals surface area contributed by atoms with Crippen molar-refractivity contribution in [2.24, 2.45) is 0 Å². The Kier molecular flexibility index (Phi) is 7.74. The second kappa shape index (κ2) is 10.5. The van der Waals surface area contributed by atoms with Crippen LogP contribution in [0.15, 0.2) is 42.5 Å². The van der Waals surface area contributed by atoms with Gasteiger partial charge < -0.3 is 4.74 Å². The second-order valence-electron chi connectivity index (χ2n) is 7.86. The molecule has 0 N–H and O–H groups in total. The largest absolute Gasteiger partial charge is 0.491 e. The predicted molar refractivity (Wildman–Crippen MR) is 112 cm³/mol. The molecule has 1 saturated carbocycles. The Morgan fingerprint density at radius 3 is 2.26 bits per heavy atom. The average molecular weight is 369 g/mol. The molecule has 0 heterocycles. The molecule has 0 saturated heterocycles. The monoisotopic (exact) mass is 368 g/mol. The standard InChI is InChI=1S/C25H33FO/c1-2-3-4-5-9-18-27-25-17-16-23(19-24(25)26)22-14-12-21(13-15-22)20-10-7-6-8-11-20/h12-17,19-20H,2-11,18H2,1H3. The molecule has 0 unspecified atom stereocenters. The van der Waals surface area contributed by atoms with Gasteiger partial charge in [0.25, 0.3) is 0 Å². The third-order valence-electron chi connectivity index (χ3n) is 5.76. The van der Waals surface area contributed by atoms with Crippen molar-refractivity contribution in [3.05, 3.63) is 53.8 Å². The molecule has 1 fully saturated rings. The number of ether oxygens (including phenoxy) is 1. The van der Waals surface area contributed by atoms with Gasteiger partial charge in [-0.05, 0) is 54.0 Å². The van der Waals surface area contributed by atoms with Crippen LogP contribution in [0.2, 0.25) is 0 Å². The maximum atomic E-state index is 14.4. The second-order valence-corrected chi connectivity index (χ2v) is 7.86. The molecule has 2 aromatic carbocycles. The Hall–Kier alpha value is -1.83. The highest BCUT2D eigenvalue weighted by molar-refractivity contribution is 5.64. The van der Waals surface area contributed by atoms with E-state index in [0.717, 1.165) is 24.0 Å². The van der Waals surface area contributed by atoms with E-state index in [4.69, 9.17) is 4.74 Å². The van der Waals surface area contributed by atoms with Crippen LogP contribution in [0.3, 0.4) is 0 Å². The first kappa shape index (κ1) is 19.9. The van der Waals surface area contributed by atoms with Gasteiger partial charge in [-0.25, -0.2) is 4.39 Å². The molecule has 0 atom stereocenters. The first-order valence-electron chi connectivity index (χ1n) is 10.8. The number of halogens is 1. The summed E-state index contributed by atoms with van der Waals surface area (Å²) in [6.07, 6.45) is 12.6. The summed E-state index contributed by atoms with van der Waals surface area (Å²) in [5.41, 5.74) is 3.42. The number of benzene rings is 2. The van der Waals surface area contributed by atoms with Gasteiger partial charge in [0, 0.05) is 0 Å². The van der Waals surface area contributed by atoms with Crippen LogP contribution in [0.5, 0.6) is 5.75 Å². The van der Waals surface area contributed by atoms with Crippen LogP contribution in [0.25, 0.3) is 11.1 Å². The molecule has 0 spiro atoms. The van der Waals surface area contributed by atoms with Crippen molar-refractivity contribution in [1.29, 1.82) is 0 Å². The Morgan fingerprint density at radius 2 is 1.56 bits per heavy atom. The lowest BCUT2D eigenvalue weighted by atomic mass is 9.84. The van der Waals surface area contributed by atoms with Crippen molar-refractivity contribution in [3.63, 3.8) is 0 Å². The third-order valence-corrected chi connectivity index (χ3v) is 5.76. The van der Waals surface area contributed by atoms with E-state index in [9.17, 15) is 4.39 Å². The molecular weight excluding hydrogens is 335 g/mol. The lowest BCUT2D eigenvalue weighted by molar-refractivity contribution is 0.290. The molecule has 1 nitrogen and oxygen atoms in total. The number of unbranched alkanes of at least 4 members (excludes halogenated alkanes) is 4. The third kappa shape index (κ3) is 5.82. The van der Waals surface area contributed by atoms with Crippen LogP contribution in [-0.2, 0) is 0 Å². The zero-order valence-electron chi connectivity index (χ0n) is 16.7. The van der Waals surface area contributed by atoms with Gasteiger partial charge in [-0.3, -0.25) is 0 Å². The van der Waals surface area contributed by atoms with E-state index in [0.29, 0.717) is 18.3 Å². The molecule has 0 amide bonds. The molecule has 1 aliphatic rings. The summed E-state index contributed by atoms with van der Waals surface area (Å²) in [5.74, 6) is 0.808. The van der Waals surface area contributed by atoms with Gasteiger partial charge >= 0.3 is 0 Å². The normalized spacial score (nSPS) is 15.0. The molecule has 0 aromatic heterocycles. The van der Waals surface area contributed by atoms with Gasteiger partial charge in [0.15, 0.2) is 11.6 Å². The number of rotatable bonds is 9. The summed E-state index contributed by atoms with van der Waals surface area (Å²) in [5, 5.41) is 0. The molecule has 146 valence electrons. The van der Waals surface area contributed by atoms with E-state index in [1.165, 1.54) is 56.9 Å². The van der Waals surface area contributed by atoms with Crippen LogP contribution < -0.4 is 4.74 Å². The average Bonchev–Trinajstić information content (AvgIpc) is 2.72. The van der Waals surface area contributed by atoms with E-state index in [-0.39, 0.29) is 5.82 Å². The molecule has 0 bridgehead atoms. The lowest BCUT2D eigenvalue weighted by Crippen LogP contribution is -2.04. The molecule has 0 aliphatic heterocycles. The number of hydrogen-bond donors (Lipinski definition) is 0. The van der Waals surface area contributed by atoms with Gasteiger partial charge in [0.05, 0.1) is 6.61 Å². The first-order chi connectivity index (χ1) is 13.3. The number of hydrogen-bond acceptors (Lipinski definition) is 1. The van der Waals surface area contributed by atoms with Crippen molar-refractivity contribution in [3.8, 4) is 16.9 Å². The van der Waals surface area contributed by atoms with Gasteiger partial charge in [0.1, 0.15) is 0 Å². The molecule has 3 rings (SSSR count). The minimum atomic E-state index is -0.266. The quantitative estimate of drug-likeness (QED) is 0.409. The van der Waals surface area contributed by atoms with Crippen molar-refractivity contribution in [1.82, 2.24) is 0 Å². The van der Waals surface area contributed by atoms with Crippen LogP contribution in [0, 0.1) is 5.82 Å². The van der Waals surface area contributed by atoms with E-state index in [1.807, 2.05) is 6.07 Å². The smallest absolute Gasteiger partial charge is 0.165 e. The summed E-state index contributed by atoms with van der Waals surface area (Å²) >= 11 is 0. The highest BCUT2D eigenvalue weighted by Gasteiger charge is 2.15. The zero-order chi connectivity index (χ0) is 18.9. The summed E-state index contributed by atoms with van der Waals surface area (Å²) < 4.78 is 20.0. The van der Waals surface area contributed by atoms with E-state index in [2.05, 4.69) is 31.2 Å². The molecule has 27 heavy (non-hydrogen) atoms. The molecule has 0 radical (unpaired) electrons. The molecule has 2 aromatic rings. The Balaban J connectivity index is 1.56. The van der Waals surface area contributed by atoms with Gasteiger partial charge in [-0.2, -0.15) is 0 Å². The minimum absolute atomic E-state index is 0.266. The topological polar surface area (TPSA) is 9.23 Å². The molecular formula is C25H33FO. The Morgan fingerprint density at radius 1 is 0.852 bits per heavy atom. The highest BCUT2D eigenvalue weighted by Crippen LogP contribution is 2.34. The van der Waals surface area contributed by atoms with Crippen LogP contribution in [0.1, 0.15) is 82.6 Å². The van der Waals surface area contributed by atoms with Crippen LogP contribution in [-0.4, -0.2) is 6.61 Å². The van der Waals surface area contributed by atoms with Crippen LogP contribution >= 0.6 is 0 Å². The maximum absolute atomic E-state index is 14.4. The zero-order valence-corrected chi connectivity index (χ0v) is 16.7. The summed E-state index contributed by atoms with van der Waals surface area (Å²) in [7, 11) is 0. The Bertz CT molecular complexity index is 686. The summed E-state index contributed by atoms with van der Waals surface area (Å²) in [4.78, 5) is 0. The van der Waals surface area contributed by atoms with Crippen molar-refractivity contribution >= 4 is 0 Å². The fraction of sp³-hybridized carbons (Fsp3) is 0.520. The summed E-state index contributed by atoms with van der Waals surface area (Å²) in [6, 6.07) is 14.0. The highest BCUT2D eigenvalue weighted by atomic mass is 19.1. The van der Waals surface area contributed by atoms with Crippen molar-refractivity contribution in [2.75, 3.05) is 6.61 Å². The van der Waals surface area contributed by atoms with E-state index < -0.39 is 0 Å². The van der Waals surface area contributed by atoms with Crippen molar-refractivity contribution < 1.29 is 9.13 Å². The van der Waals surface area contributed by atoms with E-state index >= 15 is 0 Å². The Labute approximate surface area is 164 Å². The minimum Gasteiger partial charge on any atom is -0.491 e. The van der Waals surface area contributed by atoms with Gasteiger partial charge in [-0.15, -0.1) is 0 Å². The van der Waals surface area contributed by atoms with Crippen LogP contribution in [0.4, 0.5) is 4.39 Å².